The normalized spacial score (nSPS) is 15.0. The molecule has 1 aliphatic heterocycles. The van der Waals surface area contributed by atoms with E-state index >= 15 is 0 Å². The first-order chi connectivity index (χ1) is 15.9. The maximum atomic E-state index is 13.2. The van der Waals surface area contributed by atoms with Crippen LogP contribution in [0.3, 0.4) is 0 Å². The lowest BCUT2D eigenvalue weighted by molar-refractivity contribution is -0.139. The molecule has 2 heterocycles. The maximum absolute atomic E-state index is 13.2. The van der Waals surface area contributed by atoms with Crippen molar-refractivity contribution in [2.75, 3.05) is 27.9 Å². The molecule has 4 rings (SSSR count). The summed E-state index contributed by atoms with van der Waals surface area (Å²) in [6, 6.07) is 10.2. The van der Waals surface area contributed by atoms with E-state index in [4.69, 9.17) is 33.8 Å². The van der Waals surface area contributed by atoms with Crippen molar-refractivity contribution < 1.29 is 32.9 Å². The minimum Gasteiger partial charge on any atom is -0.493 e. The molecule has 0 radical (unpaired) electrons. The minimum absolute atomic E-state index is 0.0267. The second-order valence-corrected chi connectivity index (χ2v) is 7.12. The molecule has 0 amide bonds. The molecule has 0 spiro atoms. The lowest BCUT2D eigenvalue weighted by Crippen LogP contribution is -2.31. The summed E-state index contributed by atoms with van der Waals surface area (Å²) in [6.07, 6.45) is 0. The molecule has 3 aromatic rings. The number of hydrogen-bond donors (Lipinski definition) is 1. The van der Waals surface area contributed by atoms with E-state index in [-0.39, 0.29) is 29.4 Å². The number of nitrogens with two attached hydrogens (primary N) is 1. The molecule has 172 valence electrons. The fraction of sp³-hybridized carbons (Fsp3) is 0.250. The smallest absolute Gasteiger partial charge is 0.344 e. The average molecular weight is 453 g/mol. The van der Waals surface area contributed by atoms with Crippen molar-refractivity contribution in [1.29, 1.82) is 0 Å². The number of rotatable bonds is 6. The third-order valence-electron chi connectivity index (χ3n) is 5.37. The average Bonchev–Trinajstić information content (AvgIpc) is 2.82. The monoisotopic (exact) mass is 453 g/mol. The summed E-state index contributed by atoms with van der Waals surface area (Å²) in [4.78, 5) is 26.1. The standard InChI is InChI=1S/C24H23NO8/c1-5-31-23(26)19-17(12-10-15(28-2)21(30-4)16(11-12)29-3)18-20(33-22(19)25)13-8-6-7-9-14(13)32-24(18)27/h6-11,17H,5,25H2,1-4H3/t17-/m0/s1. The lowest BCUT2D eigenvalue weighted by Gasteiger charge is -2.28. The number of esters is 1. The van der Waals surface area contributed by atoms with E-state index in [1.807, 2.05) is 0 Å². The van der Waals surface area contributed by atoms with Gasteiger partial charge in [-0.1, -0.05) is 12.1 Å². The van der Waals surface area contributed by atoms with Crippen LogP contribution >= 0.6 is 0 Å². The zero-order valence-electron chi connectivity index (χ0n) is 18.6. The number of ether oxygens (including phenoxy) is 5. The van der Waals surface area contributed by atoms with Gasteiger partial charge in [0.05, 0.1) is 44.8 Å². The number of hydrogen-bond acceptors (Lipinski definition) is 9. The van der Waals surface area contributed by atoms with Crippen LogP contribution in [0.15, 0.2) is 57.1 Å². The highest BCUT2D eigenvalue weighted by molar-refractivity contribution is 5.94. The molecule has 9 heteroatoms. The molecule has 0 unspecified atom stereocenters. The Bertz CT molecular complexity index is 1300. The summed E-state index contributed by atoms with van der Waals surface area (Å²) in [7, 11) is 4.42. The van der Waals surface area contributed by atoms with Crippen LogP contribution in [0.2, 0.25) is 0 Å². The van der Waals surface area contributed by atoms with Gasteiger partial charge in [0, 0.05) is 0 Å². The highest BCUT2D eigenvalue weighted by atomic mass is 16.5. The van der Waals surface area contributed by atoms with Crippen molar-refractivity contribution in [3.8, 4) is 23.0 Å². The maximum Gasteiger partial charge on any atom is 0.344 e. The first kappa shape index (κ1) is 22.1. The Morgan fingerprint density at radius 3 is 2.33 bits per heavy atom. The number of methoxy groups -OCH3 is 3. The molecule has 2 aromatic carbocycles. The molecule has 0 bridgehead atoms. The Morgan fingerprint density at radius 1 is 1.06 bits per heavy atom. The molecule has 33 heavy (non-hydrogen) atoms. The molecule has 9 nitrogen and oxygen atoms in total. The van der Waals surface area contributed by atoms with Crippen molar-refractivity contribution in [2.24, 2.45) is 5.73 Å². The van der Waals surface area contributed by atoms with Gasteiger partial charge in [-0.2, -0.15) is 0 Å². The summed E-state index contributed by atoms with van der Waals surface area (Å²) >= 11 is 0. The molecule has 1 aliphatic rings. The van der Waals surface area contributed by atoms with Crippen molar-refractivity contribution in [1.82, 2.24) is 0 Å². The Hall–Kier alpha value is -4.14. The molecule has 1 aromatic heterocycles. The summed E-state index contributed by atoms with van der Waals surface area (Å²) in [5.74, 6) is -0.606. The molecular weight excluding hydrogens is 430 g/mol. The number of carbonyl (C=O) groups is 1. The zero-order valence-corrected chi connectivity index (χ0v) is 18.6. The van der Waals surface area contributed by atoms with Crippen molar-refractivity contribution in [3.63, 3.8) is 0 Å². The van der Waals surface area contributed by atoms with Gasteiger partial charge in [-0.05, 0) is 36.8 Å². The van der Waals surface area contributed by atoms with Gasteiger partial charge in [0.15, 0.2) is 17.2 Å². The topological polar surface area (TPSA) is 119 Å². The quantitative estimate of drug-likeness (QED) is 0.443. The summed E-state index contributed by atoms with van der Waals surface area (Å²) in [5.41, 5.74) is 6.45. The highest BCUT2D eigenvalue weighted by Gasteiger charge is 2.40. The summed E-state index contributed by atoms with van der Waals surface area (Å²) in [6.45, 7) is 1.78. The van der Waals surface area contributed by atoms with Crippen LogP contribution in [-0.4, -0.2) is 33.9 Å². The molecule has 1 atom stereocenters. The SMILES string of the molecule is CCOC(=O)C1=C(N)Oc2c(c(=O)oc3ccccc23)[C@@H]1c1cc(OC)c(OC)c(OC)c1. The van der Waals surface area contributed by atoms with Crippen LogP contribution in [0, 0.1) is 0 Å². The second kappa shape index (κ2) is 8.78. The van der Waals surface area contributed by atoms with E-state index in [1.165, 1.54) is 21.3 Å². The van der Waals surface area contributed by atoms with E-state index in [1.54, 1.807) is 43.3 Å². The molecule has 0 aliphatic carbocycles. The predicted molar refractivity (Wildman–Crippen MR) is 119 cm³/mol. The van der Waals surface area contributed by atoms with Crippen LogP contribution < -0.4 is 30.3 Å². The van der Waals surface area contributed by atoms with Crippen LogP contribution in [0.25, 0.3) is 11.0 Å². The van der Waals surface area contributed by atoms with Crippen molar-refractivity contribution in [2.45, 2.75) is 12.8 Å². The molecular formula is C24H23NO8. The lowest BCUT2D eigenvalue weighted by atomic mass is 9.83. The van der Waals surface area contributed by atoms with E-state index in [2.05, 4.69) is 0 Å². The molecule has 0 fully saturated rings. The second-order valence-electron chi connectivity index (χ2n) is 7.12. The Balaban J connectivity index is 2.07. The zero-order chi connectivity index (χ0) is 23.7. The van der Waals surface area contributed by atoms with Crippen molar-refractivity contribution in [3.05, 3.63) is 69.4 Å². The summed E-state index contributed by atoms with van der Waals surface area (Å²) < 4.78 is 32.9. The van der Waals surface area contributed by atoms with Gasteiger partial charge in [-0.25, -0.2) is 9.59 Å². The Labute approximate surface area is 189 Å². The van der Waals surface area contributed by atoms with Crippen LogP contribution in [-0.2, 0) is 9.53 Å². The molecule has 0 saturated carbocycles. The Kier molecular flexibility index (Phi) is 5.87. The molecule has 2 N–H and O–H groups in total. The largest absolute Gasteiger partial charge is 0.493 e. The third-order valence-corrected chi connectivity index (χ3v) is 5.37. The Morgan fingerprint density at radius 2 is 1.73 bits per heavy atom. The van der Waals surface area contributed by atoms with Gasteiger partial charge in [-0.15, -0.1) is 0 Å². The number of fused-ring (bicyclic) bond motifs is 3. The van der Waals surface area contributed by atoms with Gasteiger partial charge in [0.25, 0.3) is 0 Å². The van der Waals surface area contributed by atoms with Gasteiger partial charge in [-0.3, -0.25) is 0 Å². The van der Waals surface area contributed by atoms with Gasteiger partial charge >= 0.3 is 11.6 Å². The van der Waals surface area contributed by atoms with E-state index in [9.17, 15) is 9.59 Å². The van der Waals surface area contributed by atoms with Gasteiger partial charge in [0.2, 0.25) is 11.6 Å². The number of carbonyl (C=O) groups excluding carboxylic acids is 1. The van der Waals surface area contributed by atoms with E-state index in [0.717, 1.165) is 0 Å². The first-order valence-electron chi connectivity index (χ1n) is 10.1. The first-order valence-corrected chi connectivity index (χ1v) is 10.1. The predicted octanol–water partition coefficient (Wildman–Crippen LogP) is 3.08. The minimum atomic E-state index is -0.970. The molecule has 0 saturated heterocycles. The van der Waals surface area contributed by atoms with Crippen LogP contribution in [0.4, 0.5) is 0 Å². The number of benzene rings is 2. The fourth-order valence-corrected chi connectivity index (χ4v) is 3.97. The highest BCUT2D eigenvalue weighted by Crippen LogP contribution is 2.48. The van der Waals surface area contributed by atoms with Gasteiger partial charge < -0.3 is 33.8 Å². The summed E-state index contributed by atoms with van der Waals surface area (Å²) in [5, 5.41) is 0.537. The fourth-order valence-electron chi connectivity index (χ4n) is 3.97. The van der Waals surface area contributed by atoms with Crippen LogP contribution in [0.1, 0.15) is 24.0 Å². The van der Waals surface area contributed by atoms with E-state index in [0.29, 0.717) is 33.8 Å². The number of para-hydroxylation sites is 1. The van der Waals surface area contributed by atoms with Crippen LogP contribution in [0.5, 0.6) is 23.0 Å². The third kappa shape index (κ3) is 3.61. The van der Waals surface area contributed by atoms with E-state index < -0.39 is 17.5 Å². The van der Waals surface area contributed by atoms with Crippen molar-refractivity contribution >= 4 is 16.9 Å². The van der Waals surface area contributed by atoms with Gasteiger partial charge in [0.1, 0.15) is 11.2 Å².